The van der Waals surface area contributed by atoms with Crippen LogP contribution < -0.4 is 0 Å². The van der Waals surface area contributed by atoms with Gasteiger partial charge in [0.2, 0.25) is 5.89 Å². The van der Waals surface area contributed by atoms with Gasteiger partial charge in [-0.25, -0.2) is 9.37 Å². The van der Waals surface area contributed by atoms with Gasteiger partial charge in [-0.15, -0.1) is 0 Å². The fraction of sp³-hybridized carbons (Fsp3) is 0.516. The van der Waals surface area contributed by atoms with E-state index in [4.69, 9.17) is 22.0 Å². The average molecular weight is 522 g/mol. The Morgan fingerprint density at radius 2 is 1.70 bits per heavy atom. The fourth-order valence-electron chi connectivity index (χ4n) is 7.46. The molecule has 4 aliphatic rings. The minimum atomic E-state index is -1.20. The molecule has 1 aliphatic carbocycles. The molecule has 3 atom stereocenters. The van der Waals surface area contributed by atoms with Crippen LogP contribution in [0.2, 0.25) is 0 Å². The number of fused-ring (bicyclic) bond motifs is 3. The third kappa shape index (κ3) is 4.77. The van der Waals surface area contributed by atoms with E-state index < -0.39 is 5.60 Å². The quantitative estimate of drug-likeness (QED) is 0.270. The number of benzene rings is 2. The maximum Gasteiger partial charge on any atom is 0.231 e. The first-order valence-corrected chi connectivity index (χ1v) is 14.5. The van der Waals surface area contributed by atoms with Gasteiger partial charge in [0.1, 0.15) is 12.4 Å². The van der Waals surface area contributed by atoms with Crippen LogP contribution in [0.5, 0.6) is 0 Å². The number of thiol groups is 1. The molecule has 4 fully saturated rings. The summed E-state index contributed by atoms with van der Waals surface area (Å²) < 4.78 is 20.9. The zero-order chi connectivity index (χ0) is 25.5. The molecule has 2 aromatic carbocycles. The number of quaternary nitrogens is 1. The molecule has 6 heteroatoms. The topological polar surface area (TPSA) is 46.3 Å². The maximum absolute atomic E-state index is 13.5. The Labute approximate surface area is 224 Å². The van der Waals surface area contributed by atoms with Gasteiger partial charge in [0.05, 0.1) is 25.8 Å². The summed E-state index contributed by atoms with van der Waals surface area (Å²) in [5, 5.41) is 12.3. The number of oxazole rings is 1. The third-order valence-electron chi connectivity index (χ3n) is 9.55. The summed E-state index contributed by atoms with van der Waals surface area (Å²) in [4.78, 5) is 4.72. The summed E-state index contributed by atoms with van der Waals surface area (Å²) >= 11 is 5.03. The predicted octanol–water partition coefficient (Wildman–Crippen LogP) is 6.66. The van der Waals surface area contributed by atoms with Crippen molar-refractivity contribution < 1.29 is 18.4 Å². The lowest BCUT2D eigenvalue weighted by atomic mass is 9.73. The lowest BCUT2D eigenvalue weighted by Gasteiger charge is -2.53. The van der Waals surface area contributed by atoms with Gasteiger partial charge in [-0.3, -0.25) is 0 Å². The van der Waals surface area contributed by atoms with Gasteiger partial charge in [-0.05, 0) is 42.0 Å². The number of hydrogen-bond acceptors (Lipinski definition) is 4. The molecule has 0 radical (unpaired) electrons. The summed E-state index contributed by atoms with van der Waals surface area (Å²) in [5.74, 6) is 2.32. The van der Waals surface area contributed by atoms with Crippen LogP contribution in [0.3, 0.4) is 0 Å². The number of aliphatic hydroxyl groups is 1. The molecule has 37 heavy (non-hydrogen) atoms. The summed E-state index contributed by atoms with van der Waals surface area (Å²) in [6.07, 6.45) is 9.68. The van der Waals surface area contributed by atoms with Crippen LogP contribution >= 0.6 is 12.6 Å². The molecule has 4 nitrogen and oxygen atoms in total. The minimum Gasteiger partial charge on any atom is -0.436 e. The molecule has 3 saturated heterocycles. The van der Waals surface area contributed by atoms with E-state index in [2.05, 4.69) is 0 Å². The van der Waals surface area contributed by atoms with Gasteiger partial charge in [0, 0.05) is 29.9 Å². The Kier molecular flexibility index (Phi) is 6.93. The second-order valence-electron chi connectivity index (χ2n) is 11.7. The number of nitrogens with zero attached hydrogens (tertiary/aromatic N) is 2. The van der Waals surface area contributed by atoms with Crippen molar-refractivity contribution in [3.8, 4) is 0 Å². The molecule has 196 valence electrons. The van der Waals surface area contributed by atoms with Gasteiger partial charge < -0.3 is 14.0 Å². The number of hydrogen-bond donors (Lipinski definition) is 2. The largest absolute Gasteiger partial charge is 0.436 e. The highest BCUT2D eigenvalue weighted by Crippen LogP contribution is 2.47. The van der Waals surface area contributed by atoms with Crippen molar-refractivity contribution >= 4 is 12.6 Å². The van der Waals surface area contributed by atoms with E-state index in [1.165, 1.54) is 19.3 Å². The van der Waals surface area contributed by atoms with Gasteiger partial charge >= 0.3 is 0 Å². The Hall–Kier alpha value is -2.15. The highest BCUT2D eigenvalue weighted by Gasteiger charge is 2.49. The summed E-state index contributed by atoms with van der Waals surface area (Å²) in [7, 11) is 0. The van der Waals surface area contributed by atoms with Gasteiger partial charge in [-0.2, -0.15) is 12.6 Å². The van der Waals surface area contributed by atoms with Crippen molar-refractivity contribution in [3.63, 3.8) is 0 Å². The van der Waals surface area contributed by atoms with E-state index in [9.17, 15) is 9.50 Å². The Morgan fingerprint density at radius 1 is 1.00 bits per heavy atom. The second-order valence-corrected chi connectivity index (χ2v) is 12.3. The monoisotopic (exact) mass is 521 g/mol. The normalized spacial score (nSPS) is 28.6. The average Bonchev–Trinajstić information content (AvgIpc) is 3.42. The van der Waals surface area contributed by atoms with E-state index in [1.54, 1.807) is 12.1 Å². The summed E-state index contributed by atoms with van der Waals surface area (Å²) in [6, 6.07) is 16.8. The first kappa shape index (κ1) is 25.1. The highest BCUT2D eigenvalue weighted by atomic mass is 32.1. The van der Waals surface area contributed by atoms with Crippen LogP contribution in [0.25, 0.3) is 0 Å². The van der Waals surface area contributed by atoms with Crippen LogP contribution in [0.1, 0.15) is 73.0 Å². The summed E-state index contributed by atoms with van der Waals surface area (Å²) in [6.45, 7) is 4.09. The van der Waals surface area contributed by atoms with Crippen LogP contribution in [-0.4, -0.2) is 34.2 Å². The fourth-order valence-corrected chi connectivity index (χ4v) is 7.97. The molecule has 3 aromatic rings. The predicted molar refractivity (Wildman–Crippen MR) is 145 cm³/mol. The number of halogens is 1. The van der Waals surface area contributed by atoms with Crippen LogP contribution in [0.15, 0.2) is 65.2 Å². The number of rotatable bonds is 7. The molecule has 0 amide bonds. The molecule has 3 aliphatic heterocycles. The van der Waals surface area contributed by atoms with E-state index in [1.807, 2.05) is 48.7 Å². The molecular formula is C31H38FN2O2S+. The second kappa shape index (κ2) is 10.2. The Morgan fingerprint density at radius 3 is 2.41 bits per heavy atom. The zero-order valence-corrected chi connectivity index (χ0v) is 22.3. The van der Waals surface area contributed by atoms with Crippen molar-refractivity contribution in [2.45, 2.75) is 62.3 Å². The molecule has 0 spiro atoms. The lowest BCUT2D eigenvalue weighted by molar-refractivity contribution is -0.960. The molecule has 1 aromatic heterocycles. The van der Waals surface area contributed by atoms with Gasteiger partial charge in [0.25, 0.3) is 0 Å². The van der Waals surface area contributed by atoms with Gasteiger partial charge in [-0.1, -0.05) is 61.7 Å². The molecule has 2 bridgehead atoms. The third-order valence-corrected chi connectivity index (χ3v) is 10.2. The van der Waals surface area contributed by atoms with Crippen molar-refractivity contribution in [3.05, 3.63) is 89.4 Å². The number of piperidine rings is 3. The van der Waals surface area contributed by atoms with E-state index in [0.29, 0.717) is 17.7 Å². The van der Waals surface area contributed by atoms with Gasteiger partial charge in [0.15, 0.2) is 11.4 Å². The lowest BCUT2D eigenvalue weighted by Crippen LogP contribution is -2.61. The number of aromatic nitrogens is 1. The highest BCUT2D eigenvalue weighted by molar-refractivity contribution is 7.80. The Balaban J connectivity index is 1.24. The zero-order valence-electron chi connectivity index (χ0n) is 21.4. The van der Waals surface area contributed by atoms with Crippen molar-refractivity contribution in [1.82, 2.24) is 4.98 Å². The van der Waals surface area contributed by atoms with Crippen LogP contribution in [0.4, 0.5) is 4.39 Å². The SMILES string of the molecule is O[C@](c1ccccc1)(c1ncc(C[N+]23CCC(CC2)[C@@H](C(S)c2ccc(F)cc2)C3)o1)C1CCCCC1. The first-order chi connectivity index (χ1) is 18.0. The maximum atomic E-state index is 13.5. The molecular weight excluding hydrogens is 483 g/mol. The Bertz CT molecular complexity index is 1190. The van der Waals surface area contributed by atoms with Crippen molar-refractivity contribution in [1.29, 1.82) is 0 Å². The van der Waals surface area contributed by atoms with E-state index in [-0.39, 0.29) is 17.0 Å². The van der Waals surface area contributed by atoms with Crippen LogP contribution in [-0.2, 0) is 12.1 Å². The smallest absolute Gasteiger partial charge is 0.231 e. The summed E-state index contributed by atoms with van der Waals surface area (Å²) in [5.41, 5.74) is 0.776. The van der Waals surface area contributed by atoms with Crippen LogP contribution in [0, 0.1) is 23.6 Å². The van der Waals surface area contributed by atoms with E-state index >= 15 is 0 Å². The minimum absolute atomic E-state index is 0.100. The van der Waals surface area contributed by atoms with Crippen molar-refractivity contribution in [2.24, 2.45) is 17.8 Å². The standard InChI is InChI=1S/C31H37FN2O2S/c32-26-13-11-23(12-14-26)29(37)28-21-34(17-15-22(28)16-18-34)20-27-19-33-30(36-27)31(35,24-7-3-1-4-8-24)25-9-5-2-6-10-25/h1,3-4,7-8,11-14,19,22,25,28-29,35H,2,5-6,9-10,15-18,20-21H2/p+1/t22?,28-,29?,31-,34?/m0/s1. The first-order valence-electron chi connectivity index (χ1n) is 14.0. The molecule has 1 unspecified atom stereocenters. The van der Waals surface area contributed by atoms with E-state index in [0.717, 1.165) is 73.2 Å². The molecule has 7 rings (SSSR count). The molecule has 1 saturated carbocycles. The van der Waals surface area contributed by atoms with Crippen molar-refractivity contribution in [2.75, 3.05) is 19.6 Å². The molecule has 1 N–H and O–H groups in total. The molecule has 4 heterocycles.